The van der Waals surface area contributed by atoms with Crippen molar-refractivity contribution in [2.75, 3.05) is 11.9 Å². The van der Waals surface area contributed by atoms with Gasteiger partial charge in [0.1, 0.15) is 5.75 Å². The SMILES string of the molecule is CC(C)(C)NS(=O)(=O)c1ccc(NC(=O)COc2ccccc2Cl)cc1. The molecule has 2 aromatic carbocycles. The third kappa shape index (κ3) is 6.01. The van der Waals surface area contributed by atoms with E-state index >= 15 is 0 Å². The van der Waals surface area contributed by atoms with Gasteiger partial charge in [0.15, 0.2) is 6.61 Å². The zero-order valence-corrected chi connectivity index (χ0v) is 16.3. The minimum atomic E-state index is -3.62. The predicted octanol–water partition coefficient (Wildman–Crippen LogP) is 3.43. The van der Waals surface area contributed by atoms with Gasteiger partial charge in [0, 0.05) is 11.2 Å². The van der Waals surface area contributed by atoms with E-state index in [2.05, 4.69) is 10.0 Å². The molecule has 0 aromatic heterocycles. The number of benzene rings is 2. The van der Waals surface area contributed by atoms with Crippen LogP contribution < -0.4 is 14.8 Å². The predicted molar refractivity (Wildman–Crippen MR) is 102 cm³/mol. The zero-order chi connectivity index (χ0) is 19.4. The van der Waals surface area contributed by atoms with Crippen LogP contribution in [0, 0.1) is 0 Å². The van der Waals surface area contributed by atoms with E-state index in [-0.39, 0.29) is 17.4 Å². The van der Waals surface area contributed by atoms with Crippen molar-refractivity contribution in [3.05, 3.63) is 53.6 Å². The largest absolute Gasteiger partial charge is 0.482 e. The molecule has 0 unspecified atom stereocenters. The maximum atomic E-state index is 12.2. The molecule has 0 heterocycles. The number of carbonyl (C=O) groups excluding carboxylic acids is 1. The molecule has 1 amide bonds. The highest BCUT2D eigenvalue weighted by Gasteiger charge is 2.21. The Kier molecular flexibility index (Phi) is 6.28. The molecule has 0 spiro atoms. The van der Waals surface area contributed by atoms with Crippen LogP contribution in [0.2, 0.25) is 5.02 Å². The van der Waals surface area contributed by atoms with E-state index < -0.39 is 15.6 Å². The molecule has 0 fully saturated rings. The number of hydrogen-bond donors (Lipinski definition) is 2. The second-order valence-electron chi connectivity index (χ2n) is 6.65. The lowest BCUT2D eigenvalue weighted by Gasteiger charge is -2.20. The van der Waals surface area contributed by atoms with E-state index in [0.29, 0.717) is 16.5 Å². The number of halogens is 1. The molecule has 0 radical (unpaired) electrons. The monoisotopic (exact) mass is 396 g/mol. The number of rotatable bonds is 6. The van der Waals surface area contributed by atoms with Gasteiger partial charge in [-0.2, -0.15) is 0 Å². The molecule has 2 aromatic rings. The first-order valence-corrected chi connectivity index (χ1v) is 9.74. The fourth-order valence-electron chi connectivity index (χ4n) is 2.08. The van der Waals surface area contributed by atoms with Crippen molar-refractivity contribution >= 4 is 33.2 Å². The molecule has 2 rings (SSSR count). The zero-order valence-electron chi connectivity index (χ0n) is 14.7. The number of sulfonamides is 1. The minimum absolute atomic E-state index is 0.123. The summed E-state index contributed by atoms with van der Waals surface area (Å²) in [5.41, 5.74) is -0.116. The summed E-state index contributed by atoms with van der Waals surface area (Å²) in [7, 11) is -3.62. The van der Waals surface area contributed by atoms with E-state index in [4.69, 9.17) is 16.3 Å². The summed E-state index contributed by atoms with van der Waals surface area (Å²) in [4.78, 5) is 12.1. The van der Waals surface area contributed by atoms with Crippen LogP contribution in [0.5, 0.6) is 5.75 Å². The van der Waals surface area contributed by atoms with Crippen LogP contribution >= 0.6 is 11.6 Å². The summed E-state index contributed by atoms with van der Waals surface area (Å²) in [6.07, 6.45) is 0. The molecule has 26 heavy (non-hydrogen) atoms. The first-order chi connectivity index (χ1) is 12.1. The molecule has 6 nitrogen and oxygen atoms in total. The summed E-state index contributed by atoms with van der Waals surface area (Å²) < 4.78 is 32.4. The summed E-state index contributed by atoms with van der Waals surface area (Å²) in [6, 6.07) is 12.7. The molecule has 0 bridgehead atoms. The van der Waals surface area contributed by atoms with Crippen LogP contribution in [0.4, 0.5) is 5.69 Å². The van der Waals surface area contributed by atoms with Crippen LogP contribution in [-0.2, 0) is 14.8 Å². The number of nitrogens with one attached hydrogen (secondary N) is 2. The Hall–Kier alpha value is -2.09. The highest BCUT2D eigenvalue weighted by Crippen LogP contribution is 2.23. The van der Waals surface area contributed by atoms with Crippen LogP contribution in [0.1, 0.15) is 20.8 Å². The number of hydrogen-bond acceptors (Lipinski definition) is 4. The molecule has 0 aliphatic carbocycles. The molecule has 0 aliphatic rings. The summed E-state index contributed by atoms with van der Waals surface area (Å²) in [5, 5.41) is 3.05. The Morgan fingerprint density at radius 2 is 1.69 bits per heavy atom. The van der Waals surface area contributed by atoms with Crippen LogP contribution in [0.3, 0.4) is 0 Å². The normalized spacial score (nSPS) is 11.8. The maximum Gasteiger partial charge on any atom is 0.262 e. The van der Waals surface area contributed by atoms with Gasteiger partial charge in [-0.15, -0.1) is 0 Å². The molecule has 0 aliphatic heterocycles. The van der Waals surface area contributed by atoms with Crippen molar-refractivity contribution in [2.24, 2.45) is 0 Å². The first kappa shape index (κ1) is 20.2. The Morgan fingerprint density at radius 3 is 2.27 bits per heavy atom. The minimum Gasteiger partial charge on any atom is -0.482 e. The lowest BCUT2D eigenvalue weighted by atomic mass is 10.1. The Morgan fingerprint density at radius 1 is 1.08 bits per heavy atom. The van der Waals surface area contributed by atoms with Gasteiger partial charge in [-0.25, -0.2) is 13.1 Å². The molecular weight excluding hydrogens is 376 g/mol. The third-order valence-corrected chi connectivity index (χ3v) is 5.17. The smallest absolute Gasteiger partial charge is 0.262 e. The van der Waals surface area contributed by atoms with Gasteiger partial charge in [0.25, 0.3) is 5.91 Å². The molecule has 0 saturated carbocycles. The molecule has 2 N–H and O–H groups in total. The van der Waals surface area contributed by atoms with E-state index in [0.717, 1.165) is 0 Å². The van der Waals surface area contributed by atoms with Crippen LogP contribution in [-0.4, -0.2) is 26.5 Å². The lowest BCUT2D eigenvalue weighted by Crippen LogP contribution is -2.40. The standard InChI is InChI=1S/C18H21ClN2O4S/c1-18(2,3)21-26(23,24)14-10-8-13(9-11-14)20-17(22)12-25-16-7-5-4-6-15(16)19/h4-11,21H,12H2,1-3H3,(H,20,22). The number of anilines is 1. The average Bonchev–Trinajstić information content (AvgIpc) is 2.52. The van der Waals surface area contributed by atoms with Crippen molar-refractivity contribution in [3.8, 4) is 5.75 Å². The van der Waals surface area contributed by atoms with E-state index in [1.165, 1.54) is 24.3 Å². The highest BCUT2D eigenvalue weighted by atomic mass is 35.5. The number of amides is 1. The van der Waals surface area contributed by atoms with Crippen molar-refractivity contribution in [3.63, 3.8) is 0 Å². The number of ether oxygens (including phenoxy) is 1. The maximum absolute atomic E-state index is 12.2. The average molecular weight is 397 g/mol. The van der Waals surface area contributed by atoms with Crippen molar-refractivity contribution in [2.45, 2.75) is 31.2 Å². The van der Waals surface area contributed by atoms with Gasteiger partial charge in [-0.1, -0.05) is 23.7 Å². The molecule has 140 valence electrons. The van der Waals surface area contributed by atoms with E-state index in [1.54, 1.807) is 45.0 Å². The van der Waals surface area contributed by atoms with E-state index in [9.17, 15) is 13.2 Å². The second kappa shape index (κ2) is 8.07. The van der Waals surface area contributed by atoms with Gasteiger partial charge in [-0.05, 0) is 57.2 Å². The number of para-hydroxylation sites is 1. The Labute approximate surface area is 158 Å². The molecular formula is C18H21ClN2O4S. The van der Waals surface area contributed by atoms with Crippen molar-refractivity contribution in [1.29, 1.82) is 0 Å². The molecule has 8 heteroatoms. The topological polar surface area (TPSA) is 84.5 Å². The van der Waals surface area contributed by atoms with Gasteiger partial charge < -0.3 is 10.1 Å². The highest BCUT2D eigenvalue weighted by molar-refractivity contribution is 7.89. The molecule has 0 atom stereocenters. The van der Waals surface area contributed by atoms with E-state index in [1.807, 2.05) is 0 Å². The second-order valence-corrected chi connectivity index (χ2v) is 8.74. The van der Waals surface area contributed by atoms with Gasteiger partial charge in [0.2, 0.25) is 10.0 Å². The summed E-state index contributed by atoms with van der Waals surface area (Å²) in [5.74, 6) is 0.0346. The lowest BCUT2D eigenvalue weighted by molar-refractivity contribution is -0.118. The number of carbonyl (C=O) groups is 1. The van der Waals surface area contributed by atoms with Crippen molar-refractivity contribution < 1.29 is 17.9 Å². The third-order valence-electron chi connectivity index (χ3n) is 3.08. The fourth-order valence-corrected chi connectivity index (χ4v) is 3.69. The van der Waals surface area contributed by atoms with Gasteiger partial charge in [-0.3, -0.25) is 4.79 Å². The van der Waals surface area contributed by atoms with Crippen LogP contribution in [0.15, 0.2) is 53.4 Å². The molecule has 0 saturated heterocycles. The fraction of sp³-hybridized carbons (Fsp3) is 0.278. The first-order valence-electron chi connectivity index (χ1n) is 7.88. The van der Waals surface area contributed by atoms with Crippen molar-refractivity contribution in [1.82, 2.24) is 4.72 Å². The van der Waals surface area contributed by atoms with Gasteiger partial charge in [0.05, 0.1) is 9.92 Å². The summed E-state index contributed by atoms with van der Waals surface area (Å²) in [6.45, 7) is 5.07. The Balaban J connectivity index is 1.96. The quantitative estimate of drug-likeness (QED) is 0.783. The Bertz CT molecular complexity index is 875. The summed E-state index contributed by atoms with van der Waals surface area (Å²) >= 11 is 5.95. The van der Waals surface area contributed by atoms with Gasteiger partial charge >= 0.3 is 0 Å². The van der Waals surface area contributed by atoms with Crippen LogP contribution in [0.25, 0.3) is 0 Å².